The van der Waals surface area contributed by atoms with Gasteiger partial charge in [0.2, 0.25) is 0 Å². The number of halogens is 3. The molecule has 8 heteroatoms. The first-order valence-corrected chi connectivity index (χ1v) is 19.8. The number of para-hydroxylation sites is 4. The van der Waals surface area contributed by atoms with E-state index in [1.54, 1.807) is 18.2 Å². The van der Waals surface area contributed by atoms with Gasteiger partial charge in [0.15, 0.2) is 0 Å². The first-order valence-electron chi connectivity index (χ1n) is 19.8. The van der Waals surface area contributed by atoms with E-state index in [2.05, 4.69) is 63.7 Å². The summed E-state index contributed by atoms with van der Waals surface area (Å²) in [5.41, 5.74) is 8.53. The van der Waals surface area contributed by atoms with Gasteiger partial charge in [-0.25, -0.2) is 0 Å². The normalized spacial score (nSPS) is 12.4. The van der Waals surface area contributed by atoms with Crippen molar-refractivity contribution in [3.63, 3.8) is 0 Å². The summed E-state index contributed by atoms with van der Waals surface area (Å²) >= 11 is 0. The summed E-state index contributed by atoms with van der Waals surface area (Å²) in [7, 11) is 4.04. The highest BCUT2D eigenvalue weighted by Crippen LogP contribution is 2.48. The Morgan fingerprint density at radius 1 is 0.433 bits per heavy atom. The summed E-state index contributed by atoms with van der Waals surface area (Å²) in [6.45, 7) is 0. The van der Waals surface area contributed by atoms with Crippen molar-refractivity contribution < 1.29 is 13.2 Å². The second kappa shape index (κ2) is 12.1. The van der Waals surface area contributed by atoms with E-state index in [9.17, 15) is 5.26 Å². The maximum absolute atomic E-state index is 15.8. The Hall–Kier alpha value is -7.76. The molecule has 4 heterocycles. The summed E-state index contributed by atoms with van der Waals surface area (Å²) in [5, 5.41) is 18.1. The quantitative estimate of drug-likeness (QED) is 0.176. The van der Waals surface area contributed by atoms with E-state index in [1.807, 2.05) is 102 Å². The molecule has 4 aromatic heterocycles. The smallest absolute Gasteiger partial charge is 0.342 e. The molecule has 12 aromatic rings. The number of benzene rings is 8. The Kier molecular flexibility index (Phi) is 6.94. The lowest BCUT2D eigenvalue weighted by molar-refractivity contribution is -0.137. The molecule has 0 N–H and O–H groups in total. The minimum Gasteiger partial charge on any atom is -0.342 e. The summed E-state index contributed by atoms with van der Waals surface area (Å²) < 4.78 is 55.7. The van der Waals surface area contributed by atoms with E-state index < -0.39 is 11.7 Å². The van der Waals surface area contributed by atoms with Gasteiger partial charge in [-0.05, 0) is 54.1 Å². The maximum atomic E-state index is 15.8. The minimum absolute atomic E-state index is 0.356. The number of rotatable bonds is 3. The van der Waals surface area contributed by atoms with Crippen LogP contribution in [0.2, 0.25) is 0 Å². The summed E-state index contributed by atoms with van der Waals surface area (Å²) in [4.78, 5) is 0. The zero-order valence-electron chi connectivity index (χ0n) is 32.4. The van der Waals surface area contributed by atoms with Crippen LogP contribution in [0.4, 0.5) is 13.2 Å². The van der Waals surface area contributed by atoms with Gasteiger partial charge < -0.3 is 18.3 Å². The Labute approximate surface area is 340 Å². The molecule has 8 aromatic carbocycles. The average molecular weight is 784 g/mol. The Balaban J connectivity index is 1.36. The van der Waals surface area contributed by atoms with Crippen LogP contribution in [0.5, 0.6) is 0 Å². The molecule has 0 spiro atoms. The van der Waals surface area contributed by atoms with Crippen LogP contribution in [0.15, 0.2) is 158 Å². The summed E-state index contributed by atoms with van der Waals surface area (Å²) in [6, 6.07) is 52.8. The van der Waals surface area contributed by atoms with E-state index in [0.717, 1.165) is 87.2 Å². The predicted molar refractivity (Wildman–Crippen MR) is 238 cm³/mol. The van der Waals surface area contributed by atoms with Gasteiger partial charge in [0, 0.05) is 73.8 Å². The zero-order chi connectivity index (χ0) is 40.6. The minimum atomic E-state index is -4.71. The van der Waals surface area contributed by atoms with Crippen LogP contribution in [-0.4, -0.2) is 18.3 Å². The lowest BCUT2D eigenvalue weighted by Crippen LogP contribution is -2.11. The van der Waals surface area contributed by atoms with Crippen LogP contribution in [0, 0.1) is 11.3 Å². The molecule has 12 rings (SSSR count). The van der Waals surface area contributed by atoms with Crippen LogP contribution < -0.4 is 0 Å². The first kappa shape index (κ1) is 34.3. The van der Waals surface area contributed by atoms with Crippen LogP contribution in [-0.2, 0) is 20.3 Å². The van der Waals surface area contributed by atoms with Crippen molar-refractivity contribution in [2.45, 2.75) is 6.18 Å². The molecule has 0 aliphatic heterocycles. The molecule has 0 saturated carbocycles. The number of hydrogen-bond acceptors (Lipinski definition) is 1. The zero-order valence-corrected chi connectivity index (χ0v) is 32.4. The van der Waals surface area contributed by atoms with Crippen molar-refractivity contribution in [1.82, 2.24) is 18.3 Å². The Morgan fingerprint density at radius 3 is 1.27 bits per heavy atom. The standard InChI is InChI=1S/C52H32F3N5/c1-57-41-18-7-3-14-33(41)37-22-24-39-35-16-5-9-20-43(35)59(50(39)48(37)57)45-27-32(52(53,54)55)28-46(47(45)31-13-11-12-30(26-31)29-56)60-44-21-10-6-17-36(44)40-25-23-38-34-15-4-8-19-42(34)58(2)49(38)51(40)60/h3-28H,1-2H3. The van der Waals surface area contributed by atoms with Gasteiger partial charge in [0.25, 0.3) is 0 Å². The fourth-order valence-corrected chi connectivity index (χ4v) is 10.1. The second-order valence-corrected chi connectivity index (χ2v) is 15.7. The van der Waals surface area contributed by atoms with Gasteiger partial charge in [-0.3, -0.25) is 0 Å². The van der Waals surface area contributed by atoms with Crippen LogP contribution in [0.3, 0.4) is 0 Å². The monoisotopic (exact) mass is 783 g/mol. The number of nitriles is 1. The third kappa shape index (κ3) is 4.52. The Bertz CT molecular complexity index is 3650. The third-order valence-electron chi connectivity index (χ3n) is 12.6. The van der Waals surface area contributed by atoms with E-state index >= 15 is 13.2 Å². The highest BCUT2D eigenvalue weighted by molar-refractivity contribution is 6.25. The van der Waals surface area contributed by atoms with Crippen LogP contribution >= 0.6 is 0 Å². The highest BCUT2D eigenvalue weighted by Gasteiger charge is 2.35. The van der Waals surface area contributed by atoms with E-state index in [4.69, 9.17) is 0 Å². The lowest BCUT2D eigenvalue weighted by Gasteiger charge is -2.23. The van der Waals surface area contributed by atoms with Crippen molar-refractivity contribution in [1.29, 1.82) is 5.26 Å². The van der Waals surface area contributed by atoms with Crippen molar-refractivity contribution in [2.24, 2.45) is 14.1 Å². The summed E-state index contributed by atoms with van der Waals surface area (Å²) in [6.07, 6.45) is -4.71. The van der Waals surface area contributed by atoms with Gasteiger partial charge in [-0.15, -0.1) is 0 Å². The topological polar surface area (TPSA) is 43.5 Å². The molecule has 286 valence electrons. The molecule has 0 unspecified atom stereocenters. The summed E-state index contributed by atoms with van der Waals surface area (Å²) in [5.74, 6) is 0. The molecule has 60 heavy (non-hydrogen) atoms. The number of aromatic nitrogens is 4. The fourth-order valence-electron chi connectivity index (χ4n) is 10.1. The van der Waals surface area contributed by atoms with Gasteiger partial charge in [-0.1, -0.05) is 109 Å². The van der Waals surface area contributed by atoms with Crippen molar-refractivity contribution in [2.75, 3.05) is 0 Å². The number of hydrogen-bond donors (Lipinski definition) is 0. The third-order valence-corrected chi connectivity index (χ3v) is 12.6. The van der Waals surface area contributed by atoms with Gasteiger partial charge in [0.05, 0.1) is 61.7 Å². The predicted octanol–water partition coefficient (Wildman–Crippen LogP) is 13.7. The molecule has 0 aliphatic carbocycles. The molecule has 5 nitrogen and oxygen atoms in total. The van der Waals surface area contributed by atoms with Crippen molar-refractivity contribution >= 4 is 87.2 Å². The number of nitrogens with zero attached hydrogens (tertiary/aromatic N) is 5. The van der Waals surface area contributed by atoms with Crippen molar-refractivity contribution in [3.8, 4) is 28.6 Å². The van der Waals surface area contributed by atoms with Crippen LogP contribution in [0.1, 0.15) is 11.1 Å². The highest BCUT2D eigenvalue weighted by atomic mass is 19.4. The number of aryl methyl sites for hydroxylation is 2. The molecule has 0 aliphatic rings. The molecule has 0 amide bonds. The second-order valence-electron chi connectivity index (χ2n) is 15.7. The molecular weight excluding hydrogens is 752 g/mol. The van der Waals surface area contributed by atoms with Crippen LogP contribution in [0.25, 0.3) is 110 Å². The van der Waals surface area contributed by atoms with Gasteiger partial charge in [-0.2, -0.15) is 18.4 Å². The molecular formula is C52H32F3N5. The van der Waals surface area contributed by atoms with Gasteiger partial charge in [0.1, 0.15) is 0 Å². The first-order chi connectivity index (χ1) is 29.2. The van der Waals surface area contributed by atoms with E-state index in [1.165, 1.54) is 12.1 Å². The fraction of sp³-hybridized carbons (Fsp3) is 0.0577. The number of alkyl halides is 3. The lowest BCUT2D eigenvalue weighted by atomic mass is 9.96. The molecule has 0 radical (unpaired) electrons. The molecule has 0 saturated heterocycles. The number of fused-ring (bicyclic) bond motifs is 14. The molecule has 0 fully saturated rings. The molecule has 0 bridgehead atoms. The van der Waals surface area contributed by atoms with Gasteiger partial charge >= 0.3 is 6.18 Å². The Morgan fingerprint density at radius 2 is 0.833 bits per heavy atom. The average Bonchev–Trinajstić information content (AvgIpc) is 3.98. The molecule has 0 atom stereocenters. The van der Waals surface area contributed by atoms with Crippen molar-refractivity contribution in [3.05, 3.63) is 169 Å². The maximum Gasteiger partial charge on any atom is 0.416 e. The largest absolute Gasteiger partial charge is 0.416 e. The van der Waals surface area contributed by atoms with E-state index in [0.29, 0.717) is 28.1 Å². The van der Waals surface area contributed by atoms with E-state index in [-0.39, 0.29) is 0 Å². The SMILES string of the molecule is Cn1c2ccccc2c2ccc3c4ccccc4n(-c4cc(C(F)(F)F)cc(-n5c6ccccc6c6ccc7c8ccccc8n(C)c7c65)c4-c4cccc(C#N)c4)c3c21.